The van der Waals surface area contributed by atoms with Gasteiger partial charge in [-0.05, 0) is 30.7 Å². The van der Waals surface area contributed by atoms with E-state index >= 15 is 0 Å². The van der Waals surface area contributed by atoms with Crippen LogP contribution in [0.4, 0.5) is 0 Å². The first-order valence-corrected chi connectivity index (χ1v) is 7.06. The molecular formula is C18H16N2O2. The first-order chi connectivity index (χ1) is 10.8. The minimum atomic E-state index is -0.320. The van der Waals surface area contributed by atoms with Gasteiger partial charge in [0.2, 0.25) is 0 Å². The molecule has 1 N–H and O–H groups in total. The van der Waals surface area contributed by atoms with Gasteiger partial charge in [-0.2, -0.15) is 0 Å². The van der Waals surface area contributed by atoms with Gasteiger partial charge < -0.3 is 9.73 Å². The van der Waals surface area contributed by atoms with Crippen LogP contribution in [0.15, 0.2) is 71.5 Å². The van der Waals surface area contributed by atoms with Crippen LogP contribution in [0.25, 0.3) is 0 Å². The maximum atomic E-state index is 12.5. The zero-order chi connectivity index (χ0) is 15.4. The summed E-state index contributed by atoms with van der Waals surface area (Å²) in [6.45, 7) is 1.84. The van der Waals surface area contributed by atoms with Gasteiger partial charge in [-0.25, -0.2) is 0 Å². The summed E-state index contributed by atoms with van der Waals surface area (Å²) >= 11 is 0. The summed E-state index contributed by atoms with van der Waals surface area (Å²) in [6.07, 6.45) is 3.23. The van der Waals surface area contributed by atoms with Crippen LogP contribution in [0, 0.1) is 6.92 Å². The van der Waals surface area contributed by atoms with Crippen LogP contribution >= 0.6 is 0 Å². The predicted octanol–water partition coefficient (Wildman–Crippen LogP) is 3.50. The van der Waals surface area contributed by atoms with E-state index in [0.717, 1.165) is 16.8 Å². The smallest absolute Gasteiger partial charge is 0.288 e. The Labute approximate surface area is 128 Å². The van der Waals surface area contributed by atoms with Gasteiger partial charge in [0.15, 0.2) is 5.76 Å². The number of hydrogen-bond donors (Lipinski definition) is 1. The lowest BCUT2D eigenvalue weighted by molar-refractivity contribution is 0.0913. The Kier molecular flexibility index (Phi) is 4.01. The number of rotatable bonds is 4. The lowest BCUT2D eigenvalue weighted by Crippen LogP contribution is -2.30. The number of aryl methyl sites for hydroxylation is 1. The van der Waals surface area contributed by atoms with Gasteiger partial charge in [0.25, 0.3) is 5.91 Å². The maximum Gasteiger partial charge on any atom is 0.288 e. The molecule has 4 nitrogen and oxygen atoms in total. The van der Waals surface area contributed by atoms with Gasteiger partial charge in [-0.15, -0.1) is 0 Å². The Morgan fingerprint density at radius 2 is 1.86 bits per heavy atom. The standard InChI is InChI=1S/C18H16N2O2/c1-13-10-12-22-17(13)18(21)20-16(14-7-3-2-4-8-14)15-9-5-6-11-19-15/h2-12,16H,1H3,(H,20,21)/t16-/m1/s1. The molecule has 0 radical (unpaired) electrons. The van der Waals surface area contributed by atoms with E-state index in [1.807, 2.05) is 55.5 Å². The highest BCUT2D eigenvalue weighted by molar-refractivity contribution is 5.93. The van der Waals surface area contributed by atoms with Crippen molar-refractivity contribution in [3.8, 4) is 0 Å². The molecule has 1 aromatic carbocycles. The monoisotopic (exact) mass is 292 g/mol. The minimum absolute atomic E-state index is 0.248. The van der Waals surface area contributed by atoms with E-state index in [-0.39, 0.29) is 11.9 Å². The molecule has 2 heterocycles. The Balaban J connectivity index is 1.93. The van der Waals surface area contributed by atoms with Crippen LogP contribution in [0.1, 0.15) is 33.4 Å². The number of nitrogens with one attached hydrogen (secondary N) is 1. The van der Waals surface area contributed by atoms with E-state index in [1.165, 1.54) is 6.26 Å². The third-order valence-corrected chi connectivity index (χ3v) is 3.46. The Hall–Kier alpha value is -2.88. The Morgan fingerprint density at radius 3 is 2.50 bits per heavy atom. The number of pyridine rings is 1. The number of hydrogen-bond acceptors (Lipinski definition) is 3. The van der Waals surface area contributed by atoms with Crippen molar-refractivity contribution >= 4 is 5.91 Å². The minimum Gasteiger partial charge on any atom is -0.459 e. The van der Waals surface area contributed by atoms with Crippen molar-refractivity contribution in [1.82, 2.24) is 10.3 Å². The number of aromatic nitrogens is 1. The SMILES string of the molecule is Cc1ccoc1C(=O)N[C@H](c1ccccc1)c1ccccn1. The molecule has 110 valence electrons. The summed E-state index contributed by atoms with van der Waals surface area (Å²) < 4.78 is 5.27. The quantitative estimate of drug-likeness (QED) is 0.800. The molecule has 0 aliphatic rings. The molecule has 0 saturated carbocycles. The van der Waals surface area contributed by atoms with Crippen LogP contribution in [0.2, 0.25) is 0 Å². The van der Waals surface area contributed by atoms with E-state index < -0.39 is 0 Å². The molecule has 0 fully saturated rings. The highest BCUT2D eigenvalue weighted by Gasteiger charge is 2.21. The molecule has 4 heteroatoms. The van der Waals surface area contributed by atoms with Crippen molar-refractivity contribution in [2.24, 2.45) is 0 Å². The molecule has 3 aromatic rings. The number of furan rings is 1. The largest absolute Gasteiger partial charge is 0.459 e. The van der Waals surface area contributed by atoms with Crippen LogP contribution < -0.4 is 5.32 Å². The summed E-state index contributed by atoms with van der Waals surface area (Å²) in [5.41, 5.74) is 2.57. The van der Waals surface area contributed by atoms with Crippen molar-refractivity contribution in [2.45, 2.75) is 13.0 Å². The normalized spacial score (nSPS) is 11.9. The summed E-state index contributed by atoms with van der Waals surface area (Å²) in [5.74, 6) is 0.0823. The zero-order valence-electron chi connectivity index (χ0n) is 12.2. The average molecular weight is 292 g/mol. The third kappa shape index (κ3) is 2.91. The van der Waals surface area contributed by atoms with Crippen molar-refractivity contribution in [1.29, 1.82) is 0 Å². The van der Waals surface area contributed by atoms with Crippen molar-refractivity contribution < 1.29 is 9.21 Å². The fraction of sp³-hybridized carbons (Fsp3) is 0.111. The Morgan fingerprint density at radius 1 is 1.09 bits per heavy atom. The summed E-state index contributed by atoms with van der Waals surface area (Å²) in [6, 6.07) is 16.9. The van der Waals surface area contributed by atoms with Crippen molar-refractivity contribution in [3.63, 3.8) is 0 Å². The first-order valence-electron chi connectivity index (χ1n) is 7.06. The average Bonchev–Trinajstić information content (AvgIpc) is 3.00. The molecule has 0 unspecified atom stereocenters. The molecule has 1 atom stereocenters. The molecule has 0 saturated heterocycles. The molecule has 2 aromatic heterocycles. The maximum absolute atomic E-state index is 12.5. The molecule has 22 heavy (non-hydrogen) atoms. The van der Waals surface area contributed by atoms with Crippen LogP contribution in [0.3, 0.4) is 0 Å². The van der Waals surface area contributed by atoms with Crippen molar-refractivity contribution in [3.05, 3.63) is 89.6 Å². The second kappa shape index (κ2) is 6.26. The second-order valence-corrected chi connectivity index (χ2v) is 5.00. The number of carbonyl (C=O) groups excluding carboxylic acids is 1. The zero-order valence-corrected chi connectivity index (χ0v) is 12.2. The molecule has 0 aliphatic heterocycles. The molecular weight excluding hydrogens is 276 g/mol. The number of benzene rings is 1. The van der Waals surface area contributed by atoms with E-state index in [4.69, 9.17) is 4.42 Å². The lowest BCUT2D eigenvalue weighted by Gasteiger charge is -2.18. The van der Waals surface area contributed by atoms with Crippen molar-refractivity contribution in [2.75, 3.05) is 0 Å². The van der Waals surface area contributed by atoms with Gasteiger partial charge in [0.05, 0.1) is 18.0 Å². The topological polar surface area (TPSA) is 55.1 Å². The van der Waals surface area contributed by atoms with Gasteiger partial charge in [-0.1, -0.05) is 36.4 Å². The van der Waals surface area contributed by atoms with E-state index in [9.17, 15) is 4.79 Å². The van der Waals surface area contributed by atoms with Crippen LogP contribution in [-0.4, -0.2) is 10.9 Å². The molecule has 3 rings (SSSR count). The number of amides is 1. The fourth-order valence-electron chi connectivity index (χ4n) is 2.32. The summed E-state index contributed by atoms with van der Waals surface area (Å²) in [5, 5.41) is 3.00. The second-order valence-electron chi connectivity index (χ2n) is 5.00. The number of carbonyl (C=O) groups is 1. The van der Waals surface area contributed by atoms with E-state index in [0.29, 0.717) is 5.76 Å². The van der Waals surface area contributed by atoms with Gasteiger partial charge in [-0.3, -0.25) is 9.78 Å². The fourth-order valence-corrected chi connectivity index (χ4v) is 2.32. The molecule has 1 amide bonds. The van der Waals surface area contributed by atoms with Gasteiger partial charge in [0.1, 0.15) is 0 Å². The van der Waals surface area contributed by atoms with Crippen LogP contribution in [0.5, 0.6) is 0 Å². The van der Waals surface area contributed by atoms with Crippen LogP contribution in [-0.2, 0) is 0 Å². The number of nitrogens with zero attached hydrogens (tertiary/aromatic N) is 1. The highest BCUT2D eigenvalue weighted by atomic mass is 16.3. The molecule has 0 bridgehead atoms. The van der Waals surface area contributed by atoms with E-state index in [2.05, 4.69) is 10.3 Å². The predicted molar refractivity (Wildman–Crippen MR) is 83.4 cm³/mol. The van der Waals surface area contributed by atoms with Gasteiger partial charge in [0, 0.05) is 11.8 Å². The third-order valence-electron chi connectivity index (χ3n) is 3.46. The Bertz CT molecular complexity index is 712. The summed E-state index contributed by atoms with van der Waals surface area (Å²) in [4.78, 5) is 16.8. The lowest BCUT2D eigenvalue weighted by atomic mass is 10.0. The van der Waals surface area contributed by atoms with E-state index in [1.54, 1.807) is 12.3 Å². The summed E-state index contributed by atoms with van der Waals surface area (Å²) in [7, 11) is 0. The molecule has 0 aliphatic carbocycles. The molecule has 0 spiro atoms. The first kappa shape index (κ1) is 14.1. The van der Waals surface area contributed by atoms with Gasteiger partial charge >= 0.3 is 0 Å². The highest BCUT2D eigenvalue weighted by Crippen LogP contribution is 2.21.